The lowest BCUT2D eigenvalue weighted by atomic mass is 9.99. The van der Waals surface area contributed by atoms with Crippen molar-refractivity contribution >= 4 is 11.7 Å². The molecule has 4 rings (SSSR count). The van der Waals surface area contributed by atoms with Gasteiger partial charge in [-0.15, -0.1) is 0 Å². The number of ether oxygens (including phenoxy) is 3. The highest BCUT2D eigenvalue weighted by Crippen LogP contribution is 2.39. The fraction of sp³-hybridized carbons (Fsp3) is 0.519. The quantitative estimate of drug-likeness (QED) is 0.500. The number of aliphatic hydroxyl groups excluding tert-OH is 1. The van der Waals surface area contributed by atoms with Gasteiger partial charge in [0.1, 0.15) is 0 Å². The molecule has 0 spiro atoms. The molecule has 8 nitrogen and oxygen atoms in total. The van der Waals surface area contributed by atoms with E-state index in [0.29, 0.717) is 18.3 Å². The average molecular weight is 484 g/mol. The largest absolute Gasteiger partial charge is 0.392 e. The minimum absolute atomic E-state index is 0.00172. The Balaban J connectivity index is 1.50. The van der Waals surface area contributed by atoms with E-state index in [0.717, 1.165) is 49.2 Å². The number of hydrogen-bond donors (Lipinski definition) is 3. The summed E-state index contributed by atoms with van der Waals surface area (Å²) in [5, 5.41) is 15.0. The normalized spacial score (nSPS) is 24.9. The summed E-state index contributed by atoms with van der Waals surface area (Å²) in [5.41, 5.74) is 3.57. The summed E-state index contributed by atoms with van der Waals surface area (Å²) in [6, 6.07) is 15.7. The maximum atomic E-state index is 11.8. The van der Waals surface area contributed by atoms with Crippen molar-refractivity contribution in [3.63, 3.8) is 0 Å². The summed E-state index contributed by atoms with van der Waals surface area (Å²) in [7, 11) is 1.76. The van der Waals surface area contributed by atoms with E-state index in [9.17, 15) is 9.90 Å². The Morgan fingerprint density at radius 3 is 2.54 bits per heavy atom. The number of amides is 2. The van der Waals surface area contributed by atoms with Crippen LogP contribution in [0.2, 0.25) is 0 Å². The van der Waals surface area contributed by atoms with Crippen molar-refractivity contribution < 1.29 is 24.1 Å². The molecule has 0 bridgehead atoms. The Morgan fingerprint density at radius 1 is 1.11 bits per heavy atom. The lowest BCUT2D eigenvalue weighted by Crippen LogP contribution is -2.42. The van der Waals surface area contributed by atoms with Crippen molar-refractivity contribution in [2.45, 2.75) is 57.3 Å². The van der Waals surface area contributed by atoms with Crippen LogP contribution < -0.4 is 10.6 Å². The molecule has 3 N–H and O–H groups in total. The highest BCUT2D eigenvalue weighted by molar-refractivity contribution is 5.89. The fourth-order valence-electron chi connectivity index (χ4n) is 4.87. The van der Waals surface area contributed by atoms with Crippen LogP contribution in [0.1, 0.15) is 55.3 Å². The molecular weight excluding hydrogens is 446 g/mol. The molecule has 2 aromatic rings. The van der Waals surface area contributed by atoms with Crippen LogP contribution >= 0.6 is 0 Å². The molecule has 4 atom stereocenters. The fourth-order valence-corrected chi connectivity index (χ4v) is 4.87. The van der Waals surface area contributed by atoms with Crippen molar-refractivity contribution in [3.05, 3.63) is 65.2 Å². The summed E-state index contributed by atoms with van der Waals surface area (Å²) in [6.45, 7) is 5.08. The zero-order chi connectivity index (χ0) is 24.6. The Bertz CT molecular complexity index is 937. The van der Waals surface area contributed by atoms with Crippen LogP contribution in [0.3, 0.4) is 0 Å². The van der Waals surface area contributed by atoms with E-state index >= 15 is 0 Å². The van der Waals surface area contributed by atoms with E-state index in [1.165, 1.54) is 6.42 Å². The number of carbonyl (C=O) groups excluding carboxylic acids is 1. The minimum atomic E-state index is -0.515. The van der Waals surface area contributed by atoms with Crippen LogP contribution in [0.15, 0.2) is 48.5 Å². The van der Waals surface area contributed by atoms with Gasteiger partial charge in [0.25, 0.3) is 0 Å². The summed E-state index contributed by atoms with van der Waals surface area (Å²) in [6.07, 6.45) is 2.43. The zero-order valence-electron chi connectivity index (χ0n) is 20.6. The number of methoxy groups -OCH3 is 1. The van der Waals surface area contributed by atoms with E-state index in [1.54, 1.807) is 7.11 Å². The molecule has 0 aromatic heterocycles. The Labute approximate surface area is 207 Å². The first-order valence-corrected chi connectivity index (χ1v) is 12.5. The monoisotopic (exact) mass is 483 g/mol. The zero-order valence-corrected chi connectivity index (χ0v) is 20.6. The highest BCUT2D eigenvalue weighted by atomic mass is 16.7. The topological polar surface area (TPSA) is 92.3 Å². The van der Waals surface area contributed by atoms with Crippen LogP contribution in [0.4, 0.5) is 10.5 Å². The molecule has 2 amide bonds. The first kappa shape index (κ1) is 25.6. The number of rotatable bonds is 9. The summed E-state index contributed by atoms with van der Waals surface area (Å²) in [5.74, 6) is 0. The lowest BCUT2D eigenvalue weighted by Gasteiger charge is -2.38. The van der Waals surface area contributed by atoms with Crippen molar-refractivity contribution in [3.8, 4) is 0 Å². The Kier molecular flexibility index (Phi) is 9.12. The average Bonchev–Trinajstić information content (AvgIpc) is 3.31. The molecule has 190 valence electrons. The van der Waals surface area contributed by atoms with Crippen molar-refractivity contribution in [2.75, 3.05) is 38.7 Å². The maximum Gasteiger partial charge on any atom is 0.319 e. The number of carbonyl (C=O) groups is 1. The predicted octanol–water partition coefficient (Wildman–Crippen LogP) is 3.98. The van der Waals surface area contributed by atoms with E-state index in [-0.39, 0.29) is 24.8 Å². The third-order valence-electron chi connectivity index (χ3n) is 6.69. The minimum Gasteiger partial charge on any atom is -0.392 e. The first-order chi connectivity index (χ1) is 17.1. The highest BCUT2D eigenvalue weighted by Gasteiger charge is 2.35. The van der Waals surface area contributed by atoms with Crippen molar-refractivity contribution in [1.82, 2.24) is 10.2 Å². The van der Waals surface area contributed by atoms with Gasteiger partial charge in [-0.05, 0) is 49.6 Å². The third kappa shape index (κ3) is 6.80. The lowest BCUT2D eigenvalue weighted by molar-refractivity contribution is -0.253. The standard InChI is InChI=1S/C27H37N3O5/c1-3-28-27(32)29-22-12-10-21(11-13-22)26-34-24(16-30-14-4-5-23(30)18-33-2)15-25(35-26)20-8-6-19(17-31)7-9-20/h6-13,23-26,31H,3-5,14-18H2,1-2H3,(H2,28,29,32)/t23-,24-,25+,26+/m0/s1. The Hall–Kier alpha value is -2.49. The van der Waals surface area contributed by atoms with Gasteiger partial charge in [-0.1, -0.05) is 36.4 Å². The molecule has 2 aliphatic rings. The number of urea groups is 1. The summed E-state index contributed by atoms with van der Waals surface area (Å²) >= 11 is 0. The van der Waals surface area contributed by atoms with Gasteiger partial charge < -0.3 is 30.0 Å². The van der Waals surface area contributed by atoms with Gasteiger partial charge in [-0.2, -0.15) is 0 Å². The molecule has 2 saturated heterocycles. The van der Waals surface area contributed by atoms with Crippen LogP contribution in [-0.2, 0) is 20.8 Å². The number of hydrogen-bond acceptors (Lipinski definition) is 6. The van der Waals surface area contributed by atoms with Crippen molar-refractivity contribution in [2.24, 2.45) is 0 Å². The number of anilines is 1. The summed E-state index contributed by atoms with van der Waals surface area (Å²) < 4.78 is 18.3. The molecule has 0 radical (unpaired) electrons. The molecule has 2 fully saturated rings. The van der Waals surface area contributed by atoms with Gasteiger partial charge in [0.15, 0.2) is 6.29 Å². The number of benzene rings is 2. The Morgan fingerprint density at radius 2 is 1.86 bits per heavy atom. The molecule has 2 aliphatic heterocycles. The van der Waals surface area contributed by atoms with Crippen LogP contribution in [-0.4, -0.2) is 61.5 Å². The molecule has 2 heterocycles. The maximum absolute atomic E-state index is 11.8. The second-order valence-corrected chi connectivity index (χ2v) is 9.20. The van der Waals surface area contributed by atoms with E-state index in [1.807, 2.05) is 55.5 Å². The molecule has 8 heteroatoms. The van der Waals surface area contributed by atoms with E-state index in [4.69, 9.17) is 14.2 Å². The van der Waals surface area contributed by atoms with Crippen molar-refractivity contribution in [1.29, 1.82) is 0 Å². The molecule has 0 saturated carbocycles. The van der Waals surface area contributed by atoms with Gasteiger partial charge in [0.05, 0.1) is 25.4 Å². The molecule has 2 aromatic carbocycles. The molecule has 35 heavy (non-hydrogen) atoms. The van der Waals surface area contributed by atoms with Gasteiger partial charge in [0.2, 0.25) is 0 Å². The predicted molar refractivity (Wildman–Crippen MR) is 134 cm³/mol. The number of nitrogens with zero attached hydrogens (tertiary/aromatic N) is 1. The number of likely N-dealkylation sites (tertiary alicyclic amines) is 1. The smallest absolute Gasteiger partial charge is 0.319 e. The second kappa shape index (κ2) is 12.5. The number of aliphatic hydroxyl groups is 1. The first-order valence-electron chi connectivity index (χ1n) is 12.5. The molecule has 0 aliphatic carbocycles. The van der Waals surface area contributed by atoms with Crippen LogP contribution in [0.5, 0.6) is 0 Å². The van der Waals surface area contributed by atoms with Crippen LogP contribution in [0, 0.1) is 0 Å². The SMILES string of the molecule is CCNC(=O)Nc1ccc([C@@H]2O[C@H](CN3CCC[C@H]3COC)C[C@H](c3ccc(CO)cc3)O2)cc1. The van der Waals surface area contributed by atoms with Gasteiger partial charge in [-0.25, -0.2) is 4.79 Å². The van der Waals surface area contributed by atoms with Gasteiger partial charge in [0, 0.05) is 43.9 Å². The second-order valence-electron chi connectivity index (χ2n) is 9.20. The van der Waals surface area contributed by atoms with Gasteiger partial charge in [-0.3, -0.25) is 4.90 Å². The molecule has 0 unspecified atom stereocenters. The van der Waals surface area contributed by atoms with Gasteiger partial charge >= 0.3 is 6.03 Å². The third-order valence-corrected chi connectivity index (χ3v) is 6.69. The summed E-state index contributed by atoms with van der Waals surface area (Å²) in [4.78, 5) is 14.3. The number of nitrogens with one attached hydrogen (secondary N) is 2. The molecular formula is C27H37N3O5. The van der Waals surface area contributed by atoms with Crippen LogP contribution in [0.25, 0.3) is 0 Å². The van der Waals surface area contributed by atoms with E-state index in [2.05, 4.69) is 15.5 Å². The van der Waals surface area contributed by atoms with E-state index < -0.39 is 6.29 Å².